The fourth-order valence-corrected chi connectivity index (χ4v) is 4.49. The van der Waals surface area contributed by atoms with E-state index in [2.05, 4.69) is 47.8 Å². The number of aromatic nitrogens is 1. The maximum atomic E-state index is 4.53. The molecular formula is C17H24N2S. The van der Waals surface area contributed by atoms with Crippen LogP contribution in [0, 0.1) is 11.3 Å². The molecule has 0 amide bonds. The summed E-state index contributed by atoms with van der Waals surface area (Å²) in [7, 11) is 0. The largest absolute Gasteiger partial charge is 0.375 e. The highest BCUT2D eigenvalue weighted by molar-refractivity contribution is 7.11. The molecule has 1 fully saturated rings. The van der Waals surface area contributed by atoms with E-state index in [0.29, 0.717) is 5.41 Å². The average molecular weight is 288 g/mol. The van der Waals surface area contributed by atoms with Crippen LogP contribution < -0.4 is 5.32 Å². The maximum absolute atomic E-state index is 4.53. The molecule has 3 rings (SSSR count). The lowest BCUT2D eigenvalue weighted by molar-refractivity contribution is 0.253. The van der Waals surface area contributed by atoms with Gasteiger partial charge in [0.1, 0.15) is 5.00 Å². The van der Waals surface area contributed by atoms with Gasteiger partial charge < -0.3 is 5.32 Å². The number of hydrogen-bond acceptors (Lipinski definition) is 3. The number of fused-ring (bicyclic) bond motifs is 1. The highest BCUT2D eigenvalue weighted by Gasteiger charge is 2.34. The minimum Gasteiger partial charge on any atom is -0.375 e. The fourth-order valence-electron chi connectivity index (χ4n) is 3.73. The molecule has 2 nitrogen and oxygen atoms in total. The second-order valence-electron chi connectivity index (χ2n) is 6.69. The zero-order chi connectivity index (χ0) is 14.0. The van der Waals surface area contributed by atoms with Gasteiger partial charge in [-0.25, -0.2) is 0 Å². The van der Waals surface area contributed by atoms with E-state index in [-0.39, 0.29) is 0 Å². The molecule has 0 radical (unpaired) electrons. The Kier molecular flexibility index (Phi) is 3.97. The minimum absolute atomic E-state index is 0.513. The summed E-state index contributed by atoms with van der Waals surface area (Å²) in [6.45, 7) is 5.81. The Hall–Kier alpha value is -1.09. The van der Waals surface area contributed by atoms with Crippen molar-refractivity contribution in [2.45, 2.75) is 46.0 Å². The van der Waals surface area contributed by atoms with E-state index in [9.17, 15) is 0 Å². The Labute approximate surface area is 125 Å². The Balaban J connectivity index is 1.74. The predicted molar refractivity (Wildman–Crippen MR) is 88.5 cm³/mol. The number of hydrogen-bond donors (Lipinski definition) is 1. The van der Waals surface area contributed by atoms with Crippen molar-refractivity contribution in [1.82, 2.24) is 4.37 Å². The van der Waals surface area contributed by atoms with Crippen molar-refractivity contribution in [3.05, 3.63) is 24.3 Å². The Morgan fingerprint density at radius 1 is 1.25 bits per heavy atom. The molecule has 1 aromatic carbocycles. The van der Waals surface area contributed by atoms with Crippen LogP contribution in [0.1, 0.15) is 46.0 Å². The molecular weight excluding hydrogens is 264 g/mol. The van der Waals surface area contributed by atoms with Crippen LogP contribution in [0.4, 0.5) is 5.00 Å². The van der Waals surface area contributed by atoms with E-state index < -0.39 is 0 Å². The third-order valence-corrected chi connectivity index (χ3v) is 5.35. The first-order valence-electron chi connectivity index (χ1n) is 7.77. The minimum atomic E-state index is 0.513. The maximum Gasteiger partial charge on any atom is 0.117 e. The van der Waals surface area contributed by atoms with Crippen LogP contribution in [0.5, 0.6) is 0 Å². The fraction of sp³-hybridized carbons (Fsp3) is 0.588. The summed E-state index contributed by atoms with van der Waals surface area (Å²) in [5, 5.41) is 6.23. The van der Waals surface area contributed by atoms with Gasteiger partial charge in [-0.3, -0.25) is 0 Å². The molecule has 3 heteroatoms. The van der Waals surface area contributed by atoms with Crippen molar-refractivity contribution in [3.8, 4) is 0 Å². The molecule has 0 saturated heterocycles. The molecule has 0 unspecified atom stereocenters. The molecule has 0 spiro atoms. The lowest BCUT2D eigenvalue weighted by Gasteiger charge is -2.31. The molecule has 0 atom stereocenters. The van der Waals surface area contributed by atoms with E-state index in [1.54, 1.807) is 11.5 Å². The summed E-state index contributed by atoms with van der Waals surface area (Å²) in [6.07, 6.45) is 6.91. The summed E-state index contributed by atoms with van der Waals surface area (Å²) < 4.78 is 4.53. The molecule has 0 aliphatic heterocycles. The van der Waals surface area contributed by atoms with Crippen LogP contribution in [0.3, 0.4) is 0 Å². The lowest BCUT2D eigenvalue weighted by Crippen LogP contribution is -2.28. The van der Waals surface area contributed by atoms with Crippen LogP contribution in [-0.4, -0.2) is 10.9 Å². The van der Waals surface area contributed by atoms with Gasteiger partial charge in [-0.15, -0.1) is 0 Å². The highest BCUT2D eigenvalue weighted by Crippen LogP contribution is 2.43. The molecule has 0 bridgehead atoms. The van der Waals surface area contributed by atoms with Gasteiger partial charge in [0, 0.05) is 11.9 Å². The quantitative estimate of drug-likeness (QED) is 0.806. The van der Waals surface area contributed by atoms with Gasteiger partial charge in [-0.2, -0.15) is 4.37 Å². The van der Waals surface area contributed by atoms with Gasteiger partial charge in [0.05, 0.1) is 5.52 Å². The van der Waals surface area contributed by atoms with Gasteiger partial charge in [0.15, 0.2) is 0 Å². The van der Waals surface area contributed by atoms with E-state index in [1.165, 1.54) is 42.5 Å². The van der Waals surface area contributed by atoms with Crippen molar-refractivity contribution < 1.29 is 0 Å². The van der Waals surface area contributed by atoms with Gasteiger partial charge in [0.2, 0.25) is 0 Å². The Morgan fingerprint density at radius 3 is 2.75 bits per heavy atom. The number of nitrogens with zero attached hydrogens (tertiary/aromatic N) is 1. The zero-order valence-corrected chi connectivity index (χ0v) is 13.3. The van der Waals surface area contributed by atoms with Gasteiger partial charge in [-0.1, -0.05) is 38.8 Å². The second kappa shape index (κ2) is 5.72. The van der Waals surface area contributed by atoms with Crippen LogP contribution in [-0.2, 0) is 0 Å². The summed E-state index contributed by atoms with van der Waals surface area (Å²) in [4.78, 5) is 0. The van der Waals surface area contributed by atoms with E-state index >= 15 is 0 Å². The first-order valence-corrected chi connectivity index (χ1v) is 8.54. The van der Waals surface area contributed by atoms with Gasteiger partial charge >= 0.3 is 0 Å². The highest BCUT2D eigenvalue weighted by atomic mass is 32.1. The van der Waals surface area contributed by atoms with Crippen LogP contribution in [0.15, 0.2) is 24.3 Å². The van der Waals surface area contributed by atoms with Gasteiger partial charge in [-0.05, 0) is 54.3 Å². The third kappa shape index (κ3) is 2.83. The molecule has 1 saturated carbocycles. The van der Waals surface area contributed by atoms with E-state index in [0.717, 1.165) is 18.0 Å². The Morgan fingerprint density at radius 2 is 2.00 bits per heavy atom. The van der Waals surface area contributed by atoms with Crippen molar-refractivity contribution >= 4 is 27.4 Å². The zero-order valence-electron chi connectivity index (χ0n) is 12.5. The molecule has 1 N–H and O–H groups in total. The molecule has 1 aliphatic carbocycles. The summed E-state index contributed by atoms with van der Waals surface area (Å²) in [5.41, 5.74) is 1.63. The molecule has 1 aliphatic rings. The molecule has 1 aromatic heterocycles. The van der Waals surface area contributed by atoms with Crippen LogP contribution >= 0.6 is 11.5 Å². The SMILES string of the molecule is CC(C)CC1(CNc2snc3ccccc23)CCCC1. The molecule has 2 aromatic rings. The lowest BCUT2D eigenvalue weighted by atomic mass is 9.78. The number of rotatable bonds is 5. The van der Waals surface area contributed by atoms with Crippen molar-refractivity contribution in [1.29, 1.82) is 0 Å². The standard InChI is InChI=1S/C17H24N2S/c1-13(2)11-17(9-5-6-10-17)12-18-16-14-7-3-4-8-15(14)19-20-16/h3-4,7-8,13,18H,5-6,9-12H2,1-2H3. The molecule has 1 heterocycles. The van der Waals surface area contributed by atoms with Crippen molar-refractivity contribution in [2.75, 3.05) is 11.9 Å². The summed E-state index contributed by atoms with van der Waals surface area (Å²) in [6, 6.07) is 8.42. The monoisotopic (exact) mass is 288 g/mol. The predicted octanol–water partition coefficient (Wildman–Crippen LogP) is 5.31. The smallest absolute Gasteiger partial charge is 0.117 e. The van der Waals surface area contributed by atoms with Crippen molar-refractivity contribution in [2.24, 2.45) is 11.3 Å². The van der Waals surface area contributed by atoms with Crippen LogP contribution in [0.25, 0.3) is 10.9 Å². The van der Waals surface area contributed by atoms with Crippen LogP contribution in [0.2, 0.25) is 0 Å². The topological polar surface area (TPSA) is 24.9 Å². The van der Waals surface area contributed by atoms with E-state index in [1.807, 2.05) is 0 Å². The average Bonchev–Trinajstić information content (AvgIpc) is 3.03. The number of anilines is 1. The summed E-state index contributed by atoms with van der Waals surface area (Å²) in [5.74, 6) is 0.785. The molecule has 108 valence electrons. The second-order valence-corrected chi connectivity index (χ2v) is 7.46. The number of benzene rings is 1. The van der Waals surface area contributed by atoms with Crippen molar-refractivity contribution in [3.63, 3.8) is 0 Å². The van der Waals surface area contributed by atoms with E-state index in [4.69, 9.17) is 0 Å². The first-order chi connectivity index (χ1) is 9.69. The summed E-state index contributed by atoms with van der Waals surface area (Å²) >= 11 is 1.60. The number of nitrogens with one attached hydrogen (secondary N) is 1. The first kappa shape index (κ1) is 13.9. The van der Waals surface area contributed by atoms with Gasteiger partial charge in [0.25, 0.3) is 0 Å². The molecule has 20 heavy (non-hydrogen) atoms. The normalized spacial score (nSPS) is 17.9. The Bertz CT molecular complexity index is 567. The third-order valence-electron chi connectivity index (χ3n) is 4.51.